The predicted molar refractivity (Wildman–Crippen MR) is 100 cm³/mol. The molecule has 1 aromatic carbocycles. The number of carbonyl (C=O) groups is 1. The fraction of sp³-hybridized carbons (Fsp3) is 0.500. The van der Waals surface area contributed by atoms with E-state index in [0.717, 1.165) is 54.9 Å². The van der Waals surface area contributed by atoms with Gasteiger partial charge in [0.2, 0.25) is 11.8 Å². The zero-order chi connectivity index (χ0) is 18.5. The van der Waals surface area contributed by atoms with Gasteiger partial charge in [-0.25, -0.2) is 0 Å². The summed E-state index contributed by atoms with van der Waals surface area (Å²) in [5.41, 5.74) is 8.92. The van der Waals surface area contributed by atoms with Gasteiger partial charge >= 0.3 is 0 Å². The molecule has 26 heavy (non-hydrogen) atoms. The molecule has 2 heterocycles. The molecule has 0 unspecified atom stereocenters. The number of hydrogen-bond donors (Lipinski definition) is 1. The molecule has 1 aromatic heterocycles. The SMILES string of the molecule is CCc1c(C2CCN(C(=O)CCc3ccccc3OC)CC2)noc1N. The highest BCUT2D eigenvalue weighted by Gasteiger charge is 2.28. The Morgan fingerprint density at radius 2 is 2.08 bits per heavy atom. The fourth-order valence-electron chi connectivity index (χ4n) is 3.72. The van der Waals surface area contributed by atoms with E-state index < -0.39 is 0 Å². The third kappa shape index (κ3) is 3.84. The van der Waals surface area contributed by atoms with Crippen LogP contribution in [-0.2, 0) is 17.6 Å². The van der Waals surface area contributed by atoms with Crippen LogP contribution in [0.15, 0.2) is 28.8 Å². The lowest BCUT2D eigenvalue weighted by atomic mass is 9.90. The summed E-state index contributed by atoms with van der Waals surface area (Å²) in [6.45, 7) is 3.57. The summed E-state index contributed by atoms with van der Waals surface area (Å²) >= 11 is 0. The second-order valence-corrected chi connectivity index (χ2v) is 6.73. The first-order valence-corrected chi connectivity index (χ1v) is 9.27. The van der Waals surface area contributed by atoms with Gasteiger partial charge in [0.1, 0.15) is 5.75 Å². The number of amides is 1. The van der Waals surface area contributed by atoms with Crippen molar-refractivity contribution < 1.29 is 14.1 Å². The van der Waals surface area contributed by atoms with Crippen LogP contribution in [0.4, 0.5) is 5.88 Å². The molecule has 1 aliphatic heterocycles. The van der Waals surface area contributed by atoms with Crippen molar-refractivity contribution in [2.24, 2.45) is 0 Å². The molecule has 140 valence electrons. The predicted octanol–water partition coefficient (Wildman–Crippen LogP) is 3.17. The highest BCUT2D eigenvalue weighted by molar-refractivity contribution is 5.76. The summed E-state index contributed by atoms with van der Waals surface area (Å²) in [4.78, 5) is 14.5. The molecule has 0 saturated carbocycles. The second kappa shape index (κ2) is 8.25. The van der Waals surface area contributed by atoms with Gasteiger partial charge in [0.25, 0.3) is 0 Å². The van der Waals surface area contributed by atoms with Crippen molar-refractivity contribution >= 4 is 11.8 Å². The molecule has 1 aliphatic rings. The average molecular weight is 357 g/mol. The van der Waals surface area contributed by atoms with Crippen molar-refractivity contribution in [3.63, 3.8) is 0 Å². The summed E-state index contributed by atoms with van der Waals surface area (Å²) < 4.78 is 10.5. The number of aromatic nitrogens is 1. The smallest absolute Gasteiger partial charge is 0.225 e. The number of nitrogen functional groups attached to an aromatic ring is 1. The lowest BCUT2D eigenvalue weighted by Crippen LogP contribution is -2.38. The van der Waals surface area contributed by atoms with Crippen LogP contribution in [0.5, 0.6) is 5.75 Å². The van der Waals surface area contributed by atoms with Crippen LogP contribution in [-0.4, -0.2) is 36.2 Å². The molecule has 2 aromatic rings. The standard InChI is InChI=1S/C20H27N3O3/c1-3-16-19(22-26-20(16)21)15-10-12-23(13-11-15)18(24)9-8-14-6-4-5-7-17(14)25-2/h4-7,15H,3,8-13,21H2,1-2H3. The number of nitrogens with zero attached hydrogens (tertiary/aromatic N) is 2. The van der Waals surface area contributed by atoms with Crippen molar-refractivity contribution in [2.45, 2.75) is 44.9 Å². The first-order chi connectivity index (χ1) is 12.6. The van der Waals surface area contributed by atoms with Crippen LogP contribution < -0.4 is 10.5 Å². The van der Waals surface area contributed by atoms with Crippen molar-refractivity contribution in [1.82, 2.24) is 10.1 Å². The fourth-order valence-corrected chi connectivity index (χ4v) is 3.72. The molecule has 1 saturated heterocycles. The zero-order valence-corrected chi connectivity index (χ0v) is 15.5. The highest BCUT2D eigenvalue weighted by Crippen LogP contribution is 2.32. The summed E-state index contributed by atoms with van der Waals surface area (Å²) in [5.74, 6) is 1.79. The molecular weight excluding hydrogens is 330 g/mol. The maximum absolute atomic E-state index is 12.6. The number of para-hydroxylation sites is 1. The maximum atomic E-state index is 12.6. The monoisotopic (exact) mass is 357 g/mol. The van der Waals surface area contributed by atoms with Gasteiger partial charge in [-0.1, -0.05) is 30.3 Å². The van der Waals surface area contributed by atoms with Gasteiger partial charge in [0, 0.05) is 31.0 Å². The van der Waals surface area contributed by atoms with Gasteiger partial charge in [0.05, 0.1) is 12.8 Å². The number of likely N-dealkylation sites (tertiary alicyclic amines) is 1. The van der Waals surface area contributed by atoms with E-state index in [1.807, 2.05) is 29.2 Å². The van der Waals surface area contributed by atoms with Gasteiger partial charge in [-0.05, 0) is 37.3 Å². The summed E-state index contributed by atoms with van der Waals surface area (Å²) in [7, 11) is 1.66. The number of carbonyl (C=O) groups excluding carboxylic acids is 1. The molecule has 1 fully saturated rings. The summed E-state index contributed by atoms with van der Waals surface area (Å²) in [6, 6.07) is 7.86. The van der Waals surface area contributed by atoms with E-state index in [9.17, 15) is 4.79 Å². The number of methoxy groups -OCH3 is 1. The van der Waals surface area contributed by atoms with E-state index in [-0.39, 0.29) is 5.91 Å². The van der Waals surface area contributed by atoms with E-state index in [4.69, 9.17) is 15.0 Å². The number of piperidine rings is 1. The third-order valence-electron chi connectivity index (χ3n) is 5.24. The lowest BCUT2D eigenvalue weighted by molar-refractivity contribution is -0.132. The average Bonchev–Trinajstić information content (AvgIpc) is 3.06. The largest absolute Gasteiger partial charge is 0.496 e. The minimum absolute atomic E-state index is 0.199. The van der Waals surface area contributed by atoms with Crippen LogP contribution in [0.3, 0.4) is 0 Å². The first kappa shape index (κ1) is 18.3. The Balaban J connectivity index is 1.53. The number of ether oxygens (including phenoxy) is 1. The minimum Gasteiger partial charge on any atom is -0.496 e. The van der Waals surface area contributed by atoms with Crippen LogP contribution in [0.1, 0.15) is 48.9 Å². The number of rotatable bonds is 6. The normalized spacial score (nSPS) is 15.2. The molecule has 1 amide bonds. The van der Waals surface area contributed by atoms with E-state index >= 15 is 0 Å². The van der Waals surface area contributed by atoms with E-state index in [0.29, 0.717) is 24.6 Å². The van der Waals surface area contributed by atoms with Gasteiger partial charge in [-0.2, -0.15) is 0 Å². The second-order valence-electron chi connectivity index (χ2n) is 6.73. The van der Waals surface area contributed by atoms with Crippen LogP contribution in [0.25, 0.3) is 0 Å². The Labute approximate surface area is 154 Å². The van der Waals surface area contributed by atoms with Crippen molar-refractivity contribution in [1.29, 1.82) is 0 Å². The molecule has 0 atom stereocenters. The number of benzene rings is 1. The molecular formula is C20H27N3O3. The Morgan fingerprint density at radius 1 is 1.35 bits per heavy atom. The summed E-state index contributed by atoms with van der Waals surface area (Å²) in [6.07, 6.45) is 3.83. The van der Waals surface area contributed by atoms with Gasteiger partial charge < -0.3 is 19.9 Å². The Bertz CT molecular complexity index is 749. The molecule has 0 spiro atoms. The Hall–Kier alpha value is -2.50. The Kier molecular flexibility index (Phi) is 5.81. The van der Waals surface area contributed by atoms with E-state index in [2.05, 4.69) is 12.1 Å². The minimum atomic E-state index is 0.199. The van der Waals surface area contributed by atoms with Crippen molar-refractivity contribution in [2.75, 3.05) is 25.9 Å². The topological polar surface area (TPSA) is 81.6 Å². The molecule has 0 aliphatic carbocycles. The van der Waals surface area contributed by atoms with Crippen LogP contribution in [0, 0.1) is 0 Å². The van der Waals surface area contributed by atoms with Crippen LogP contribution >= 0.6 is 0 Å². The number of hydrogen-bond acceptors (Lipinski definition) is 5. The first-order valence-electron chi connectivity index (χ1n) is 9.27. The quantitative estimate of drug-likeness (QED) is 0.859. The molecule has 6 heteroatoms. The maximum Gasteiger partial charge on any atom is 0.225 e. The lowest BCUT2D eigenvalue weighted by Gasteiger charge is -2.31. The van der Waals surface area contributed by atoms with E-state index in [1.165, 1.54) is 0 Å². The van der Waals surface area contributed by atoms with Crippen molar-refractivity contribution in [3.8, 4) is 5.75 Å². The highest BCUT2D eigenvalue weighted by atomic mass is 16.5. The van der Waals surface area contributed by atoms with Crippen molar-refractivity contribution in [3.05, 3.63) is 41.1 Å². The van der Waals surface area contributed by atoms with Gasteiger partial charge in [0.15, 0.2) is 0 Å². The number of aryl methyl sites for hydroxylation is 1. The molecule has 2 N–H and O–H groups in total. The Morgan fingerprint density at radius 3 is 2.77 bits per heavy atom. The number of anilines is 1. The van der Waals surface area contributed by atoms with Crippen LogP contribution in [0.2, 0.25) is 0 Å². The molecule has 3 rings (SSSR count). The number of nitrogens with two attached hydrogens (primary N) is 1. The molecule has 0 bridgehead atoms. The van der Waals surface area contributed by atoms with Gasteiger partial charge in [-0.15, -0.1) is 0 Å². The molecule has 0 radical (unpaired) electrons. The zero-order valence-electron chi connectivity index (χ0n) is 15.5. The summed E-state index contributed by atoms with van der Waals surface area (Å²) in [5, 5.41) is 4.16. The third-order valence-corrected chi connectivity index (χ3v) is 5.24. The van der Waals surface area contributed by atoms with Gasteiger partial charge in [-0.3, -0.25) is 4.79 Å². The molecule has 6 nitrogen and oxygen atoms in total. The van der Waals surface area contributed by atoms with E-state index in [1.54, 1.807) is 7.11 Å².